The molecule has 3 heteroatoms. The van der Waals surface area contributed by atoms with E-state index in [0.29, 0.717) is 16.7 Å². The third-order valence-electron chi connectivity index (χ3n) is 4.21. The topological polar surface area (TPSA) is 0 Å². The maximum atomic E-state index is 6.53. The standard InChI is InChI=1S/C15H22Cl2S/c1-15(2,3)11-4-6-13(16)10(8-11)9-12-5-7-14(17)18-12/h5,7,10-11,13H,4,6,8-9H2,1-3H3. The van der Waals surface area contributed by atoms with Crippen LogP contribution in [0.15, 0.2) is 12.1 Å². The molecule has 3 atom stereocenters. The summed E-state index contributed by atoms with van der Waals surface area (Å²) in [4.78, 5) is 1.38. The second kappa shape index (κ2) is 5.73. The van der Waals surface area contributed by atoms with Gasteiger partial charge in [-0.15, -0.1) is 22.9 Å². The Bertz CT molecular complexity index is 391. The molecule has 102 valence electrons. The Labute approximate surface area is 125 Å². The lowest BCUT2D eigenvalue weighted by Gasteiger charge is -2.40. The van der Waals surface area contributed by atoms with Gasteiger partial charge in [-0.05, 0) is 55.1 Å². The van der Waals surface area contributed by atoms with E-state index >= 15 is 0 Å². The van der Waals surface area contributed by atoms with Crippen LogP contribution in [0.25, 0.3) is 0 Å². The zero-order valence-corrected chi connectivity index (χ0v) is 13.7. The van der Waals surface area contributed by atoms with Crippen LogP contribution in [0, 0.1) is 17.3 Å². The quantitative estimate of drug-likeness (QED) is 0.587. The Balaban J connectivity index is 2.02. The SMILES string of the molecule is CC(C)(C)C1CCC(Cl)C(Cc2ccc(Cl)s2)C1. The van der Waals surface area contributed by atoms with Crippen LogP contribution in [0.3, 0.4) is 0 Å². The van der Waals surface area contributed by atoms with Crippen molar-refractivity contribution in [2.24, 2.45) is 17.3 Å². The Morgan fingerprint density at radius 2 is 2.00 bits per heavy atom. The van der Waals surface area contributed by atoms with E-state index in [1.54, 1.807) is 11.3 Å². The van der Waals surface area contributed by atoms with Gasteiger partial charge in [0.2, 0.25) is 0 Å². The molecule has 1 aliphatic rings. The molecule has 1 aliphatic carbocycles. The van der Waals surface area contributed by atoms with Crippen molar-refractivity contribution < 1.29 is 0 Å². The molecule has 0 aliphatic heterocycles. The zero-order chi connectivity index (χ0) is 13.3. The Hall–Kier alpha value is 0.280. The Morgan fingerprint density at radius 1 is 1.28 bits per heavy atom. The fourth-order valence-corrected chi connectivity index (χ4v) is 4.44. The van der Waals surface area contributed by atoms with Gasteiger partial charge in [-0.25, -0.2) is 0 Å². The van der Waals surface area contributed by atoms with Gasteiger partial charge in [-0.1, -0.05) is 32.4 Å². The number of alkyl halides is 1. The van der Waals surface area contributed by atoms with Crippen molar-refractivity contribution in [1.82, 2.24) is 0 Å². The maximum absolute atomic E-state index is 6.53. The molecule has 0 saturated heterocycles. The summed E-state index contributed by atoms with van der Waals surface area (Å²) in [5.74, 6) is 1.41. The number of hydrogen-bond acceptors (Lipinski definition) is 1. The van der Waals surface area contributed by atoms with Gasteiger partial charge in [-0.3, -0.25) is 0 Å². The van der Waals surface area contributed by atoms with Crippen LogP contribution in [0.4, 0.5) is 0 Å². The van der Waals surface area contributed by atoms with Crippen LogP contribution >= 0.6 is 34.5 Å². The summed E-state index contributed by atoms with van der Waals surface area (Å²) < 4.78 is 0.888. The molecular weight excluding hydrogens is 283 g/mol. The van der Waals surface area contributed by atoms with Gasteiger partial charge in [0.05, 0.1) is 4.34 Å². The van der Waals surface area contributed by atoms with Gasteiger partial charge in [0.1, 0.15) is 0 Å². The largest absolute Gasteiger partial charge is 0.128 e. The monoisotopic (exact) mass is 304 g/mol. The van der Waals surface area contributed by atoms with Crippen molar-refractivity contribution in [3.05, 3.63) is 21.3 Å². The molecular formula is C15H22Cl2S. The van der Waals surface area contributed by atoms with Crippen LogP contribution < -0.4 is 0 Å². The van der Waals surface area contributed by atoms with Crippen LogP contribution in [0.2, 0.25) is 4.34 Å². The van der Waals surface area contributed by atoms with E-state index in [4.69, 9.17) is 23.2 Å². The van der Waals surface area contributed by atoms with E-state index in [0.717, 1.165) is 23.1 Å². The maximum Gasteiger partial charge on any atom is 0.0931 e. The highest BCUT2D eigenvalue weighted by atomic mass is 35.5. The van der Waals surface area contributed by atoms with Crippen molar-refractivity contribution in [1.29, 1.82) is 0 Å². The summed E-state index contributed by atoms with van der Waals surface area (Å²) in [5.41, 5.74) is 0.405. The van der Waals surface area contributed by atoms with E-state index in [-0.39, 0.29) is 0 Å². The van der Waals surface area contributed by atoms with Crippen molar-refractivity contribution in [2.45, 2.75) is 51.8 Å². The van der Waals surface area contributed by atoms with Crippen molar-refractivity contribution in [3.63, 3.8) is 0 Å². The molecule has 1 heterocycles. The van der Waals surface area contributed by atoms with E-state index in [1.165, 1.54) is 17.7 Å². The number of hydrogen-bond donors (Lipinski definition) is 0. The van der Waals surface area contributed by atoms with E-state index < -0.39 is 0 Å². The fourth-order valence-electron chi connectivity index (χ4n) is 2.94. The highest BCUT2D eigenvalue weighted by Crippen LogP contribution is 2.43. The van der Waals surface area contributed by atoms with Gasteiger partial charge < -0.3 is 0 Å². The van der Waals surface area contributed by atoms with Crippen molar-refractivity contribution in [2.75, 3.05) is 0 Å². The smallest absolute Gasteiger partial charge is 0.0931 e. The summed E-state index contributed by atoms with van der Waals surface area (Å²) in [6, 6.07) is 4.15. The van der Waals surface area contributed by atoms with Gasteiger partial charge in [0.25, 0.3) is 0 Å². The minimum Gasteiger partial charge on any atom is -0.128 e. The summed E-state index contributed by atoms with van der Waals surface area (Å²) in [5, 5.41) is 0.337. The van der Waals surface area contributed by atoms with Gasteiger partial charge in [-0.2, -0.15) is 0 Å². The van der Waals surface area contributed by atoms with Crippen LogP contribution in [0.1, 0.15) is 44.9 Å². The molecule has 0 aromatic carbocycles. The average molecular weight is 305 g/mol. The van der Waals surface area contributed by atoms with Crippen molar-refractivity contribution >= 4 is 34.5 Å². The Kier molecular flexibility index (Phi) is 4.67. The summed E-state index contributed by atoms with van der Waals surface area (Å²) in [6.07, 6.45) is 4.79. The van der Waals surface area contributed by atoms with Gasteiger partial charge in [0.15, 0.2) is 0 Å². The second-order valence-electron chi connectivity index (χ2n) is 6.56. The molecule has 3 unspecified atom stereocenters. The normalized spacial score (nSPS) is 29.5. The van der Waals surface area contributed by atoms with Crippen LogP contribution in [-0.2, 0) is 6.42 Å². The van der Waals surface area contributed by atoms with Gasteiger partial charge >= 0.3 is 0 Å². The first-order valence-electron chi connectivity index (χ1n) is 6.74. The highest BCUT2D eigenvalue weighted by molar-refractivity contribution is 7.16. The molecule has 0 bridgehead atoms. The molecule has 0 spiro atoms. The first kappa shape index (κ1) is 14.7. The minimum absolute atomic E-state index is 0.337. The van der Waals surface area contributed by atoms with Crippen LogP contribution in [0.5, 0.6) is 0 Å². The van der Waals surface area contributed by atoms with E-state index in [1.807, 2.05) is 6.07 Å². The second-order valence-corrected chi connectivity index (χ2v) is 8.92. The molecule has 2 rings (SSSR count). The summed E-state index contributed by atoms with van der Waals surface area (Å²) >= 11 is 14.2. The lowest BCUT2D eigenvalue weighted by molar-refractivity contribution is 0.144. The predicted molar refractivity (Wildman–Crippen MR) is 83.0 cm³/mol. The average Bonchev–Trinajstić information content (AvgIpc) is 2.66. The number of thiophene rings is 1. The number of rotatable bonds is 2. The molecule has 1 aromatic heterocycles. The minimum atomic E-state index is 0.337. The number of halogens is 2. The van der Waals surface area contributed by atoms with E-state index in [2.05, 4.69) is 26.8 Å². The van der Waals surface area contributed by atoms with Crippen molar-refractivity contribution in [3.8, 4) is 0 Å². The third kappa shape index (κ3) is 3.65. The Morgan fingerprint density at radius 3 is 2.56 bits per heavy atom. The first-order valence-corrected chi connectivity index (χ1v) is 8.37. The zero-order valence-electron chi connectivity index (χ0n) is 11.4. The molecule has 1 aromatic rings. The van der Waals surface area contributed by atoms with Crippen LogP contribution in [-0.4, -0.2) is 5.38 Å². The third-order valence-corrected chi connectivity index (χ3v) is 6.03. The molecule has 0 radical (unpaired) electrons. The lowest BCUT2D eigenvalue weighted by atomic mass is 9.68. The molecule has 1 saturated carbocycles. The lowest BCUT2D eigenvalue weighted by Crippen LogP contribution is -2.33. The molecule has 1 fully saturated rings. The van der Waals surface area contributed by atoms with E-state index in [9.17, 15) is 0 Å². The first-order chi connectivity index (χ1) is 8.36. The summed E-state index contributed by atoms with van der Waals surface area (Å²) in [7, 11) is 0. The summed E-state index contributed by atoms with van der Waals surface area (Å²) in [6.45, 7) is 7.06. The highest BCUT2D eigenvalue weighted by Gasteiger charge is 2.35. The molecule has 0 amide bonds. The molecule has 0 N–H and O–H groups in total. The fraction of sp³-hybridized carbons (Fsp3) is 0.733. The molecule has 0 nitrogen and oxygen atoms in total. The molecule has 18 heavy (non-hydrogen) atoms. The van der Waals surface area contributed by atoms with Gasteiger partial charge in [0, 0.05) is 10.3 Å². The predicted octanol–water partition coefficient (Wildman–Crippen LogP) is 6.01.